The number of hydrogen-bond donors (Lipinski definition) is 1. The highest BCUT2D eigenvalue weighted by Crippen LogP contribution is 2.29. The summed E-state index contributed by atoms with van der Waals surface area (Å²) in [5.41, 5.74) is 5.66. The molecule has 0 saturated carbocycles. The Balaban J connectivity index is 1.87. The number of rotatable bonds is 3. The third kappa shape index (κ3) is 2.94. The maximum Gasteiger partial charge on any atom is 0.264 e. The number of nitrogens with zero attached hydrogens (tertiary/aromatic N) is 1. The van der Waals surface area contributed by atoms with Crippen molar-refractivity contribution in [2.45, 2.75) is 31.7 Å². The molecule has 1 amide bonds. The van der Waals surface area contributed by atoms with E-state index < -0.39 is 0 Å². The van der Waals surface area contributed by atoms with Gasteiger partial charge in [0.05, 0.1) is 4.88 Å². The maximum absolute atomic E-state index is 13.3. The molecule has 1 fully saturated rings. The topological polar surface area (TPSA) is 46.3 Å². The molecule has 0 spiro atoms. The largest absolute Gasteiger partial charge is 0.335 e. The molecule has 1 aromatic carbocycles. The maximum atomic E-state index is 13.3. The average molecular weight is 306 g/mol. The minimum atomic E-state index is -0.262. The van der Waals surface area contributed by atoms with E-state index in [1.807, 2.05) is 11.0 Å². The van der Waals surface area contributed by atoms with Gasteiger partial charge < -0.3 is 10.6 Å². The summed E-state index contributed by atoms with van der Waals surface area (Å²) in [6, 6.07) is 6.77. The molecule has 3 rings (SSSR count). The van der Waals surface area contributed by atoms with Crippen LogP contribution in [-0.2, 0) is 0 Å². The molecule has 0 radical (unpaired) electrons. The molecule has 2 aromatic rings. The molecule has 0 aliphatic carbocycles. The van der Waals surface area contributed by atoms with E-state index in [0.29, 0.717) is 11.4 Å². The van der Waals surface area contributed by atoms with Crippen LogP contribution in [0.3, 0.4) is 0 Å². The molecule has 2 heterocycles. The molecule has 1 aliphatic rings. The first kappa shape index (κ1) is 14.5. The van der Waals surface area contributed by atoms with E-state index in [-0.39, 0.29) is 17.8 Å². The number of halogens is 1. The lowest BCUT2D eigenvalue weighted by atomic mass is 9.99. The van der Waals surface area contributed by atoms with E-state index in [2.05, 4.69) is 0 Å². The Hall–Kier alpha value is -1.46. The number of nitrogens with two attached hydrogens (primary N) is 1. The minimum Gasteiger partial charge on any atom is -0.335 e. The van der Waals surface area contributed by atoms with Crippen molar-refractivity contribution in [2.24, 2.45) is 5.73 Å². The molecule has 112 valence electrons. The van der Waals surface area contributed by atoms with Crippen molar-refractivity contribution in [1.29, 1.82) is 0 Å². The van der Waals surface area contributed by atoms with Crippen LogP contribution in [0.25, 0.3) is 10.1 Å². The summed E-state index contributed by atoms with van der Waals surface area (Å²) >= 11 is 1.37. The van der Waals surface area contributed by atoms with Crippen molar-refractivity contribution in [3.8, 4) is 0 Å². The monoisotopic (exact) mass is 306 g/mol. The van der Waals surface area contributed by atoms with Gasteiger partial charge in [0.1, 0.15) is 5.82 Å². The second-order valence-electron chi connectivity index (χ2n) is 5.52. The molecule has 1 aliphatic heterocycles. The number of hydrogen-bond acceptors (Lipinski definition) is 3. The van der Waals surface area contributed by atoms with E-state index in [9.17, 15) is 9.18 Å². The predicted octanol–water partition coefficient (Wildman–Crippen LogP) is 3.38. The van der Waals surface area contributed by atoms with Crippen molar-refractivity contribution in [2.75, 3.05) is 13.1 Å². The number of carbonyl (C=O) groups excluding carboxylic acids is 1. The smallest absolute Gasteiger partial charge is 0.264 e. The minimum absolute atomic E-state index is 0.0646. The Morgan fingerprint density at radius 3 is 3.05 bits per heavy atom. The summed E-state index contributed by atoms with van der Waals surface area (Å²) in [5.74, 6) is -0.197. The van der Waals surface area contributed by atoms with Crippen LogP contribution in [0.2, 0.25) is 0 Å². The van der Waals surface area contributed by atoms with Gasteiger partial charge in [-0.1, -0.05) is 6.07 Å². The second kappa shape index (κ2) is 6.12. The first-order valence-electron chi connectivity index (χ1n) is 7.39. The quantitative estimate of drug-likeness (QED) is 0.945. The van der Waals surface area contributed by atoms with E-state index >= 15 is 0 Å². The van der Waals surface area contributed by atoms with Crippen molar-refractivity contribution in [3.05, 3.63) is 35.0 Å². The van der Waals surface area contributed by atoms with Crippen LogP contribution < -0.4 is 5.73 Å². The summed E-state index contributed by atoms with van der Waals surface area (Å²) in [6.07, 6.45) is 4.09. The number of piperidine rings is 1. The van der Waals surface area contributed by atoms with Crippen LogP contribution in [0.5, 0.6) is 0 Å². The molecule has 1 aromatic heterocycles. The Kier molecular flexibility index (Phi) is 4.22. The van der Waals surface area contributed by atoms with Gasteiger partial charge in [0.25, 0.3) is 5.91 Å². The predicted molar refractivity (Wildman–Crippen MR) is 84.1 cm³/mol. The number of amides is 1. The van der Waals surface area contributed by atoms with Crippen LogP contribution in [0, 0.1) is 5.82 Å². The molecule has 0 bridgehead atoms. The van der Waals surface area contributed by atoms with Gasteiger partial charge in [0.15, 0.2) is 0 Å². The van der Waals surface area contributed by atoms with Gasteiger partial charge in [-0.2, -0.15) is 0 Å². The lowest BCUT2D eigenvalue weighted by Crippen LogP contribution is -2.44. The zero-order valence-electron chi connectivity index (χ0n) is 11.8. The summed E-state index contributed by atoms with van der Waals surface area (Å²) in [5, 5.41) is 0.928. The summed E-state index contributed by atoms with van der Waals surface area (Å²) in [4.78, 5) is 15.4. The molecule has 21 heavy (non-hydrogen) atoms. The highest BCUT2D eigenvalue weighted by molar-refractivity contribution is 7.20. The normalized spacial score (nSPS) is 19.1. The number of benzene rings is 1. The lowest BCUT2D eigenvalue weighted by molar-refractivity contribution is 0.0610. The van der Waals surface area contributed by atoms with Crippen molar-refractivity contribution >= 4 is 27.3 Å². The highest BCUT2D eigenvalue weighted by Gasteiger charge is 2.27. The number of fused-ring (bicyclic) bond motifs is 1. The van der Waals surface area contributed by atoms with E-state index in [1.165, 1.54) is 23.5 Å². The third-order valence-electron chi connectivity index (χ3n) is 4.08. The fourth-order valence-electron chi connectivity index (χ4n) is 3.01. The van der Waals surface area contributed by atoms with Crippen molar-refractivity contribution in [3.63, 3.8) is 0 Å². The van der Waals surface area contributed by atoms with Gasteiger partial charge in [-0.05, 0) is 55.8 Å². The lowest BCUT2D eigenvalue weighted by Gasteiger charge is -2.35. The van der Waals surface area contributed by atoms with Gasteiger partial charge in [0.2, 0.25) is 0 Å². The van der Waals surface area contributed by atoms with E-state index in [1.54, 1.807) is 6.07 Å². The van der Waals surface area contributed by atoms with Crippen molar-refractivity contribution < 1.29 is 9.18 Å². The fourth-order valence-corrected chi connectivity index (χ4v) is 4.06. The Labute approximate surface area is 127 Å². The third-order valence-corrected chi connectivity index (χ3v) is 5.17. The van der Waals surface area contributed by atoms with Gasteiger partial charge in [0, 0.05) is 17.3 Å². The number of carbonyl (C=O) groups is 1. The van der Waals surface area contributed by atoms with E-state index in [4.69, 9.17) is 5.73 Å². The molecule has 2 N–H and O–H groups in total. The Bertz CT molecular complexity index is 653. The zero-order chi connectivity index (χ0) is 14.8. The SMILES string of the molecule is NCCC1CCCCN1C(=O)c1cc2ccc(F)cc2s1. The Morgan fingerprint density at radius 2 is 2.24 bits per heavy atom. The van der Waals surface area contributed by atoms with Crippen LogP contribution in [0.4, 0.5) is 4.39 Å². The first-order chi connectivity index (χ1) is 10.2. The molecular weight excluding hydrogens is 287 g/mol. The van der Waals surface area contributed by atoms with Gasteiger partial charge in [-0.15, -0.1) is 11.3 Å². The zero-order valence-corrected chi connectivity index (χ0v) is 12.7. The molecule has 3 nitrogen and oxygen atoms in total. The molecule has 1 atom stereocenters. The van der Waals surface area contributed by atoms with Crippen LogP contribution in [-0.4, -0.2) is 29.9 Å². The van der Waals surface area contributed by atoms with Gasteiger partial charge >= 0.3 is 0 Å². The van der Waals surface area contributed by atoms with E-state index in [0.717, 1.165) is 42.3 Å². The summed E-state index contributed by atoms with van der Waals surface area (Å²) in [6.45, 7) is 1.40. The molecular formula is C16H19FN2OS. The summed E-state index contributed by atoms with van der Waals surface area (Å²) in [7, 11) is 0. The molecule has 5 heteroatoms. The standard InChI is InChI=1S/C16H19FN2OS/c17-12-5-4-11-9-15(21-14(11)10-12)16(20)19-8-2-1-3-13(19)6-7-18/h4-5,9-10,13H,1-3,6-8,18H2. The summed E-state index contributed by atoms with van der Waals surface area (Å²) < 4.78 is 14.1. The second-order valence-corrected chi connectivity index (χ2v) is 6.60. The van der Waals surface area contributed by atoms with Gasteiger partial charge in [-0.3, -0.25) is 4.79 Å². The van der Waals surface area contributed by atoms with Crippen molar-refractivity contribution in [1.82, 2.24) is 4.90 Å². The average Bonchev–Trinajstić information content (AvgIpc) is 2.90. The fraction of sp³-hybridized carbons (Fsp3) is 0.438. The van der Waals surface area contributed by atoms with Crippen LogP contribution in [0.1, 0.15) is 35.4 Å². The Morgan fingerprint density at radius 1 is 1.38 bits per heavy atom. The number of likely N-dealkylation sites (tertiary alicyclic amines) is 1. The number of thiophene rings is 1. The molecule has 1 saturated heterocycles. The van der Waals surface area contributed by atoms with Crippen LogP contribution in [0.15, 0.2) is 24.3 Å². The van der Waals surface area contributed by atoms with Crippen LogP contribution >= 0.6 is 11.3 Å². The first-order valence-corrected chi connectivity index (χ1v) is 8.21. The highest BCUT2D eigenvalue weighted by atomic mass is 32.1. The molecule has 1 unspecified atom stereocenters. The van der Waals surface area contributed by atoms with Gasteiger partial charge in [-0.25, -0.2) is 4.39 Å².